The van der Waals surface area contributed by atoms with E-state index in [1.54, 1.807) is 22.7 Å². The van der Waals surface area contributed by atoms with Crippen molar-refractivity contribution in [3.05, 3.63) is 44.3 Å². The molecule has 0 aliphatic carbocycles. The molecule has 0 radical (unpaired) electrons. The van der Waals surface area contributed by atoms with Gasteiger partial charge in [0.1, 0.15) is 0 Å². The molecular weight excluding hydrogens is 256 g/mol. The van der Waals surface area contributed by atoms with Gasteiger partial charge in [-0.25, -0.2) is 0 Å². The van der Waals surface area contributed by atoms with Gasteiger partial charge in [0, 0.05) is 31.1 Å². The van der Waals surface area contributed by atoms with Crippen molar-refractivity contribution >= 4 is 49.7 Å². The summed E-state index contributed by atoms with van der Waals surface area (Å²) >= 11 is 5.26. The molecule has 3 rings (SSSR count). The number of carbonyl (C=O) groups is 1. The molecule has 16 heavy (non-hydrogen) atoms. The van der Waals surface area contributed by atoms with Crippen LogP contribution in [0.1, 0.15) is 20.1 Å². The van der Waals surface area contributed by atoms with Crippen LogP contribution in [-0.4, -0.2) is 6.29 Å². The van der Waals surface area contributed by atoms with Crippen LogP contribution in [0.3, 0.4) is 0 Å². The fourth-order valence-corrected chi connectivity index (χ4v) is 4.77. The number of fused-ring (bicyclic) bond motifs is 1. The highest BCUT2D eigenvalue weighted by Gasteiger charge is 2.08. The van der Waals surface area contributed by atoms with Crippen molar-refractivity contribution in [2.45, 2.75) is 6.42 Å². The molecule has 0 atom stereocenters. The first-order chi connectivity index (χ1) is 7.86. The van der Waals surface area contributed by atoms with Crippen LogP contribution in [0.25, 0.3) is 9.40 Å². The fourth-order valence-electron chi connectivity index (χ4n) is 1.66. The van der Waals surface area contributed by atoms with Gasteiger partial charge < -0.3 is 0 Å². The number of thiophene rings is 3. The SMILES string of the molecule is O=Cc1ccsc1Cc1cc2sccc2s1. The summed E-state index contributed by atoms with van der Waals surface area (Å²) in [7, 11) is 0. The maximum Gasteiger partial charge on any atom is 0.151 e. The zero-order valence-corrected chi connectivity index (χ0v) is 10.8. The number of hydrogen-bond donors (Lipinski definition) is 0. The van der Waals surface area contributed by atoms with Crippen molar-refractivity contribution in [1.29, 1.82) is 0 Å². The maximum absolute atomic E-state index is 10.8. The molecule has 0 unspecified atom stereocenters. The molecule has 3 aromatic heterocycles. The third-order valence-corrected chi connectivity index (χ3v) is 5.46. The van der Waals surface area contributed by atoms with Crippen molar-refractivity contribution in [1.82, 2.24) is 0 Å². The second-order valence-electron chi connectivity index (χ2n) is 3.46. The minimum Gasteiger partial charge on any atom is -0.298 e. The van der Waals surface area contributed by atoms with E-state index in [1.165, 1.54) is 19.2 Å². The average molecular weight is 264 g/mol. The molecule has 0 N–H and O–H groups in total. The lowest BCUT2D eigenvalue weighted by Crippen LogP contribution is -1.85. The Morgan fingerprint density at radius 3 is 2.81 bits per heavy atom. The highest BCUT2D eigenvalue weighted by Crippen LogP contribution is 2.32. The van der Waals surface area contributed by atoms with Gasteiger partial charge in [-0.3, -0.25) is 4.79 Å². The Morgan fingerprint density at radius 2 is 2.00 bits per heavy atom. The van der Waals surface area contributed by atoms with Crippen molar-refractivity contribution < 1.29 is 4.79 Å². The normalized spacial score (nSPS) is 11.0. The fraction of sp³-hybridized carbons (Fsp3) is 0.0833. The van der Waals surface area contributed by atoms with Gasteiger partial charge in [0.2, 0.25) is 0 Å². The van der Waals surface area contributed by atoms with Crippen LogP contribution in [0, 0.1) is 0 Å². The minimum atomic E-state index is 0.835. The topological polar surface area (TPSA) is 17.1 Å². The smallest absolute Gasteiger partial charge is 0.151 e. The lowest BCUT2D eigenvalue weighted by molar-refractivity contribution is 0.112. The molecule has 3 heterocycles. The third-order valence-electron chi connectivity index (χ3n) is 2.43. The van der Waals surface area contributed by atoms with E-state index in [-0.39, 0.29) is 0 Å². The van der Waals surface area contributed by atoms with E-state index < -0.39 is 0 Å². The Bertz CT molecular complexity index is 601. The molecule has 3 aromatic rings. The van der Waals surface area contributed by atoms with Gasteiger partial charge in [-0.1, -0.05) is 0 Å². The second-order valence-corrected chi connectivity index (χ2v) is 6.57. The predicted octanol–water partition coefficient (Wildman–Crippen LogP) is 4.43. The monoisotopic (exact) mass is 264 g/mol. The standard InChI is InChI=1S/C12H8OS3/c13-7-8-1-3-14-11(8)5-9-6-12-10(16-9)2-4-15-12/h1-4,6-7H,5H2. The minimum absolute atomic E-state index is 0.835. The molecule has 0 saturated carbocycles. The summed E-state index contributed by atoms with van der Waals surface area (Å²) in [5.41, 5.74) is 0.835. The molecule has 0 aliphatic heterocycles. The van der Waals surface area contributed by atoms with Crippen molar-refractivity contribution in [3.63, 3.8) is 0 Å². The number of carbonyl (C=O) groups excluding carboxylic acids is 1. The van der Waals surface area contributed by atoms with Crippen molar-refractivity contribution in [3.8, 4) is 0 Å². The van der Waals surface area contributed by atoms with Gasteiger partial charge in [-0.15, -0.1) is 34.0 Å². The van der Waals surface area contributed by atoms with E-state index in [9.17, 15) is 4.79 Å². The van der Waals surface area contributed by atoms with Crippen molar-refractivity contribution in [2.24, 2.45) is 0 Å². The Balaban J connectivity index is 1.95. The molecule has 0 aliphatic rings. The predicted molar refractivity (Wildman–Crippen MR) is 72.2 cm³/mol. The Morgan fingerprint density at radius 1 is 1.12 bits per heavy atom. The van der Waals surface area contributed by atoms with Gasteiger partial charge in [-0.2, -0.15) is 0 Å². The molecule has 4 heteroatoms. The van der Waals surface area contributed by atoms with Crippen LogP contribution in [0.15, 0.2) is 29.0 Å². The summed E-state index contributed by atoms with van der Waals surface area (Å²) in [4.78, 5) is 13.3. The van der Waals surface area contributed by atoms with Crippen LogP contribution in [0.5, 0.6) is 0 Å². The van der Waals surface area contributed by atoms with Crippen LogP contribution < -0.4 is 0 Å². The zero-order chi connectivity index (χ0) is 11.0. The highest BCUT2D eigenvalue weighted by molar-refractivity contribution is 7.27. The third kappa shape index (κ3) is 1.73. The number of hydrogen-bond acceptors (Lipinski definition) is 4. The Kier molecular flexibility index (Phi) is 2.63. The summed E-state index contributed by atoms with van der Waals surface area (Å²) in [5, 5.41) is 4.10. The first-order valence-corrected chi connectivity index (χ1v) is 7.42. The van der Waals surface area contributed by atoms with E-state index in [4.69, 9.17) is 0 Å². The summed E-state index contributed by atoms with van der Waals surface area (Å²) in [5.74, 6) is 0. The lowest BCUT2D eigenvalue weighted by atomic mass is 10.2. The number of rotatable bonds is 3. The molecule has 80 valence electrons. The Hall–Kier alpha value is -0.970. The molecule has 0 saturated heterocycles. The van der Waals surface area contributed by atoms with Gasteiger partial charge in [0.05, 0.1) is 0 Å². The average Bonchev–Trinajstić information content (AvgIpc) is 2.92. The quantitative estimate of drug-likeness (QED) is 0.640. The van der Waals surface area contributed by atoms with Crippen LogP contribution in [-0.2, 0) is 6.42 Å². The van der Waals surface area contributed by atoms with Crippen molar-refractivity contribution in [2.75, 3.05) is 0 Å². The summed E-state index contributed by atoms with van der Waals surface area (Å²) < 4.78 is 2.70. The molecule has 1 nitrogen and oxygen atoms in total. The van der Waals surface area contributed by atoms with Crippen LogP contribution in [0.2, 0.25) is 0 Å². The molecule has 0 spiro atoms. The molecule has 0 bridgehead atoms. The molecule has 0 fully saturated rings. The van der Waals surface area contributed by atoms with Crippen LogP contribution in [0.4, 0.5) is 0 Å². The Labute approximate surface area is 105 Å². The second kappa shape index (κ2) is 4.13. The van der Waals surface area contributed by atoms with E-state index in [0.29, 0.717) is 0 Å². The van der Waals surface area contributed by atoms with Gasteiger partial charge >= 0.3 is 0 Å². The van der Waals surface area contributed by atoms with E-state index >= 15 is 0 Å². The van der Waals surface area contributed by atoms with Gasteiger partial charge in [-0.05, 0) is 29.0 Å². The molecule has 0 aromatic carbocycles. The largest absolute Gasteiger partial charge is 0.298 e. The van der Waals surface area contributed by atoms with E-state index in [0.717, 1.165) is 18.3 Å². The van der Waals surface area contributed by atoms with Crippen LogP contribution >= 0.6 is 34.0 Å². The zero-order valence-electron chi connectivity index (χ0n) is 8.30. The van der Waals surface area contributed by atoms with Gasteiger partial charge in [0.15, 0.2) is 6.29 Å². The summed E-state index contributed by atoms with van der Waals surface area (Å²) in [6.07, 6.45) is 1.83. The summed E-state index contributed by atoms with van der Waals surface area (Å²) in [6, 6.07) is 6.28. The first-order valence-electron chi connectivity index (χ1n) is 4.84. The highest BCUT2D eigenvalue weighted by atomic mass is 32.1. The number of aldehydes is 1. The maximum atomic E-state index is 10.8. The first kappa shape index (κ1) is 10.2. The summed E-state index contributed by atoms with van der Waals surface area (Å²) in [6.45, 7) is 0. The molecular formula is C12H8OS3. The van der Waals surface area contributed by atoms with E-state index in [2.05, 4.69) is 17.5 Å². The van der Waals surface area contributed by atoms with Gasteiger partial charge in [0.25, 0.3) is 0 Å². The lowest BCUT2D eigenvalue weighted by Gasteiger charge is -1.94. The molecule has 0 amide bonds. The van der Waals surface area contributed by atoms with E-state index in [1.807, 2.05) is 22.8 Å².